The number of hydrogen-bond donors (Lipinski definition) is 0. The van der Waals surface area contributed by atoms with E-state index in [1.54, 1.807) is 0 Å². The summed E-state index contributed by atoms with van der Waals surface area (Å²) in [5, 5.41) is 2.31. The normalized spacial score (nSPS) is 11.2. The van der Waals surface area contributed by atoms with Crippen LogP contribution < -0.4 is 4.90 Å². The van der Waals surface area contributed by atoms with Crippen LogP contribution in [0.25, 0.3) is 72.8 Å². The van der Waals surface area contributed by atoms with E-state index in [0.717, 1.165) is 72.2 Å². The number of hydrogen-bond acceptors (Lipinski definition) is 4. The number of aromatic nitrogens is 4. The van der Waals surface area contributed by atoms with Crippen LogP contribution in [-0.2, 0) is 0 Å². The fourth-order valence-corrected chi connectivity index (χ4v) is 7.64. The molecule has 0 amide bonds. The van der Waals surface area contributed by atoms with Crippen molar-refractivity contribution in [3.63, 3.8) is 0 Å². The average Bonchev–Trinajstić information content (AvgIpc) is 3.62. The van der Waals surface area contributed by atoms with Crippen molar-refractivity contribution in [2.75, 3.05) is 4.90 Å². The highest BCUT2D eigenvalue weighted by molar-refractivity contribution is 6.09. The standard InChI is InChI=1S/C51H35N5/c1-4-17-37(18-5-1)43-25-10-11-28-46(43)50-52-49(53-51(54-50)56-47-29-14-12-26-44(47)45-27-13-15-30-48(45)56)39-20-16-19-38(35-39)36-31-33-42(34-32-36)55(40-21-6-2-7-22-40)41-23-8-3-9-24-41/h1-35H. The van der Waals surface area contributed by atoms with Gasteiger partial charge >= 0.3 is 0 Å². The topological polar surface area (TPSA) is 46.8 Å². The van der Waals surface area contributed by atoms with Crippen LogP contribution in [0, 0.1) is 0 Å². The summed E-state index contributed by atoms with van der Waals surface area (Å²) in [5.74, 6) is 1.79. The molecular weight excluding hydrogens is 683 g/mol. The number of fused-ring (bicyclic) bond motifs is 3. The molecule has 2 heterocycles. The van der Waals surface area contributed by atoms with E-state index in [4.69, 9.17) is 15.0 Å². The second kappa shape index (κ2) is 14.3. The van der Waals surface area contributed by atoms with E-state index in [9.17, 15) is 0 Å². The molecular formula is C51H35N5. The molecule has 0 bridgehead atoms. The van der Waals surface area contributed by atoms with Crippen molar-refractivity contribution in [2.45, 2.75) is 0 Å². The van der Waals surface area contributed by atoms with Gasteiger partial charge in [0.2, 0.25) is 5.95 Å². The minimum atomic E-state index is 0.571. The summed E-state index contributed by atoms with van der Waals surface area (Å²) in [5.41, 5.74) is 11.6. The predicted octanol–water partition coefficient (Wildman–Crippen LogP) is 13.1. The zero-order valence-corrected chi connectivity index (χ0v) is 30.4. The third kappa shape index (κ3) is 6.07. The minimum Gasteiger partial charge on any atom is -0.311 e. The molecule has 0 spiro atoms. The average molecular weight is 718 g/mol. The van der Waals surface area contributed by atoms with Crippen LogP contribution in [0.2, 0.25) is 0 Å². The first-order chi connectivity index (χ1) is 27.8. The molecule has 2 aromatic heterocycles. The second-order valence-corrected chi connectivity index (χ2v) is 13.7. The highest BCUT2D eigenvalue weighted by Crippen LogP contribution is 2.37. The summed E-state index contributed by atoms with van der Waals surface area (Å²) in [6.45, 7) is 0. The summed E-state index contributed by atoms with van der Waals surface area (Å²) < 4.78 is 2.16. The number of benzene rings is 8. The zero-order valence-electron chi connectivity index (χ0n) is 30.4. The highest BCUT2D eigenvalue weighted by Gasteiger charge is 2.19. The molecule has 8 aromatic carbocycles. The Hall–Kier alpha value is -7.63. The van der Waals surface area contributed by atoms with Crippen molar-refractivity contribution in [3.05, 3.63) is 212 Å². The smallest absolute Gasteiger partial charge is 0.238 e. The monoisotopic (exact) mass is 717 g/mol. The number of nitrogens with zero attached hydrogens (tertiary/aromatic N) is 5. The molecule has 0 atom stereocenters. The van der Waals surface area contributed by atoms with Gasteiger partial charge in [-0.05, 0) is 76.9 Å². The Balaban J connectivity index is 1.11. The summed E-state index contributed by atoms with van der Waals surface area (Å²) in [6.07, 6.45) is 0. The van der Waals surface area contributed by atoms with Crippen LogP contribution in [0.5, 0.6) is 0 Å². The van der Waals surface area contributed by atoms with Crippen molar-refractivity contribution < 1.29 is 0 Å². The quantitative estimate of drug-likeness (QED) is 0.157. The fraction of sp³-hybridized carbons (Fsp3) is 0. The molecule has 5 heteroatoms. The maximum Gasteiger partial charge on any atom is 0.238 e. The molecule has 0 saturated heterocycles. The van der Waals surface area contributed by atoms with Gasteiger partial charge in [-0.2, -0.15) is 9.97 Å². The van der Waals surface area contributed by atoms with Crippen LogP contribution in [0.3, 0.4) is 0 Å². The van der Waals surface area contributed by atoms with Gasteiger partial charge < -0.3 is 4.90 Å². The third-order valence-corrected chi connectivity index (χ3v) is 10.3. The Kier molecular flexibility index (Phi) is 8.43. The molecule has 10 aromatic rings. The summed E-state index contributed by atoms with van der Waals surface area (Å²) in [4.78, 5) is 18.0. The molecule has 5 nitrogen and oxygen atoms in total. The van der Waals surface area contributed by atoms with Gasteiger partial charge in [-0.3, -0.25) is 4.57 Å². The molecule has 0 saturated carbocycles. The fourth-order valence-electron chi connectivity index (χ4n) is 7.64. The lowest BCUT2D eigenvalue weighted by molar-refractivity contribution is 0.953. The highest BCUT2D eigenvalue weighted by atomic mass is 15.2. The Morgan fingerprint density at radius 2 is 0.804 bits per heavy atom. The Morgan fingerprint density at radius 1 is 0.321 bits per heavy atom. The molecule has 0 radical (unpaired) electrons. The van der Waals surface area contributed by atoms with Gasteiger partial charge in [-0.1, -0.05) is 158 Å². The van der Waals surface area contributed by atoms with Gasteiger partial charge in [-0.25, -0.2) is 4.98 Å². The Morgan fingerprint density at radius 3 is 1.45 bits per heavy atom. The van der Waals surface area contributed by atoms with Crippen molar-refractivity contribution in [3.8, 4) is 51.0 Å². The maximum absolute atomic E-state index is 5.25. The van der Waals surface area contributed by atoms with E-state index in [2.05, 4.69) is 198 Å². The van der Waals surface area contributed by atoms with E-state index in [1.807, 2.05) is 24.3 Å². The minimum absolute atomic E-state index is 0.571. The molecule has 0 N–H and O–H groups in total. The van der Waals surface area contributed by atoms with E-state index < -0.39 is 0 Å². The van der Waals surface area contributed by atoms with E-state index in [-0.39, 0.29) is 0 Å². The van der Waals surface area contributed by atoms with Crippen molar-refractivity contribution in [1.29, 1.82) is 0 Å². The largest absolute Gasteiger partial charge is 0.311 e. The lowest BCUT2D eigenvalue weighted by Gasteiger charge is -2.25. The second-order valence-electron chi connectivity index (χ2n) is 13.7. The molecule has 56 heavy (non-hydrogen) atoms. The van der Waals surface area contributed by atoms with Gasteiger partial charge in [0.15, 0.2) is 11.6 Å². The lowest BCUT2D eigenvalue weighted by atomic mass is 9.99. The van der Waals surface area contributed by atoms with Crippen LogP contribution >= 0.6 is 0 Å². The van der Waals surface area contributed by atoms with Crippen molar-refractivity contribution in [2.24, 2.45) is 0 Å². The Labute approximate surface area is 325 Å². The van der Waals surface area contributed by atoms with E-state index >= 15 is 0 Å². The van der Waals surface area contributed by atoms with Gasteiger partial charge in [0.25, 0.3) is 0 Å². The van der Waals surface area contributed by atoms with E-state index in [0.29, 0.717) is 17.6 Å². The number of anilines is 3. The van der Waals surface area contributed by atoms with Crippen molar-refractivity contribution in [1.82, 2.24) is 19.5 Å². The number of para-hydroxylation sites is 4. The molecule has 0 fully saturated rings. The molecule has 0 unspecified atom stereocenters. The SMILES string of the molecule is c1ccc(-c2ccccc2-c2nc(-c3cccc(-c4ccc(N(c5ccccc5)c5ccccc5)cc4)c3)nc(-n3c4ccccc4c4ccccc43)n2)cc1. The maximum atomic E-state index is 5.25. The summed E-state index contributed by atoms with van der Waals surface area (Å²) >= 11 is 0. The zero-order chi connectivity index (χ0) is 37.3. The lowest BCUT2D eigenvalue weighted by Crippen LogP contribution is -2.09. The third-order valence-electron chi connectivity index (χ3n) is 10.3. The first-order valence-corrected chi connectivity index (χ1v) is 18.8. The van der Waals surface area contributed by atoms with Crippen LogP contribution in [0.1, 0.15) is 0 Å². The van der Waals surface area contributed by atoms with Crippen molar-refractivity contribution >= 4 is 38.9 Å². The molecule has 0 aliphatic rings. The van der Waals surface area contributed by atoms with Crippen LogP contribution in [0.4, 0.5) is 17.1 Å². The number of rotatable bonds is 8. The van der Waals surface area contributed by atoms with Gasteiger partial charge in [-0.15, -0.1) is 0 Å². The first-order valence-electron chi connectivity index (χ1n) is 18.8. The molecule has 0 aliphatic heterocycles. The van der Waals surface area contributed by atoms with Crippen LogP contribution in [0.15, 0.2) is 212 Å². The van der Waals surface area contributed by atoms with Gasteiger partial charge in [0.1, 0.15) is 0 Å². The first kappa shape index (κ1) is 33.0. The van der Waals surface area contributed by atoms with E-state index in [1.165, 1.54) is 0 Å². The summed E-state index contributed by atoms with van der Waals surface area (Å²) in [7, 11) is 0. The summed E-state index contributed by atoms with van der Waals surface area (Å²) in [6, 6.07) is 73.8. The Bertz CT molecular complexity index is 2860. The predicted molar refractivity (Wildman–Crippen MR) is 231 cm³/mol. The molecule has 264 valence electrons. The molecule has 10 rings (SSSR count). The van der Waals surface area contributed by atoms with Gasteiger partial charge in [0, 0.05) is 39.0 Å². The van der Waals surface area contributed by atoms with Crippen LogP contribution in [-0.4, -0.2) is 19.5 Å². The van der Waals surface area contributed by atoms with Gasteiger partial charge in [0.05, 0.1) is 11.0 Å². The molecule has 0 aliphatic carbocycles.